The molecular weight excluding hydrogens is 310 g/mol. The second-order valence-corrected chi connectivity index (χ2v) is 6.48. The van der Waals surface area contributed by atoms with Crippen molar-refractivity contribution < 1.29 is 4.74 Å². The fourth-order valence-corrected chi connectivity index (χ4v) is 2.80. The summed E-state index contributed by atoms with van der Waals surface area (Å²) >= 11 is 5.98. The van der Waals surface area contributed by atoms with Crippen molar-refractivity contribution in [1.82, 2.24) is 10.6 Å². The van der Waals surface area contributed by atoms with E-state index in [1.54, 1.807) is 0 Å². The van der Waals surface area contributed by atoms with Gasteiger partial charge in [-0.1, -0.05) is 23.7 Å². The van der Waals surface area contributed by atoms with Gasteiger partial charge in [0, 0.05) is 43.8 Å². The molecule has 0 atom stereocenters. The zero-order valence-electron chi connectivity index (χ0n) is 14.2. The number of ether oxygens (including phenoxy) is 1. The van der Waals surface area contributed by atoms with Gasteiger partial charge in [-0.25, -0.2) is 0 Å². The quantitative estimate of drug-likeness (QED) is 0.412. The Hall–Kier alpha value is -1.26. The largest absolute Gasteiger partial charge is 0.382 e. The van der Waals surface area contributed by atoms with Gasteiger partial charge in [0.15, 0.2) is 5.96 Å². The first kappa shape index (κ1) is 18.1. The predicted molar refractivity (Wildman–Crippen MR) is 97.5 cm³/mol. The van der Waals surface area contributed by atoms with Crippen molar-refractivity contribution >= 4 is 17.6 Å². The zero-order valence-corrected chi connectivity index (χ0v) is 15.0. The highest BCUT2D eigenvalue weighted by Gasteiger charge is 2.44. The van der Waals surface area contributed by atoms with Gasteiger partial charge >= 0.3 is 0 Å². The average Bonchev–Trinajstić information content (AvgIpc) is 3.35. The molecule has 1 aliphatic rings. The van der Waals surface area contributed by atoms with Crippen LogP contribution in [0, 0.1) is 0 Å². The van der Waals surface area contributed by atoms with Crippen LogP contribution in [0.3, 0.4) is 0 Å². The van der Waals surface area contributed by atoms with E-state index in [-0.39, 0.29) is 5.41 Å². The van der Waals surface area contributed by atoms with Crippen LogP contribution in [0.15, 0.2) is 29.3 Å². The SMILES string of the molecule is CCOCCCCNC(=NC)NCC1(c2ccc(Cl)cc2)CC1. The van der Waals surface area contributed by atoms with E-state index in [0.717, 1.165) is 50.1 Å². The predicted octanol–water partition coefficient (Wildman–Crippen LogP) is 3.35. The van der Waals surface area contributed by atoms with Crippen molar-refractivity contribution in [3.05, 3.63) is 34.9 Å². The third-order valence-electron chi connectivity index (χ3n) is 4.34. The van der Waals surface area contributed by atoms with Gasteiger partial charge in [0.25, 0.3) is 0 Å². The number of nitrogens with zero attached hydrogens (tertiary/aromatic N) is 1. The summed E-state index contributed by atoms with van der Waals surface area (Å²) in [6.45, 7) is 5.49. The molecule has 0 spiro atoms. The minimum atomic E-state index is 0.247. The number of aliphatic imine (C=N–C) groups is 1. The lowest BCUT2D eigenvalue weighted by atomic mass is 9.96. The summed E-state index contributed by atoms with van der Waals surface area (Å²) in [5, 5.41) is 7.63. The second kappa shape index (κ2) is 9.14. The van der Waals surface area contributed by atoms with Crippen LogP contribution in [0.25, 0.3) is 0 Å². The second-order valence-electron chi connectivity index (χ2n) is 6.04. The highest BCUT2D eigenvalue weighted by molar-refractivity contribution is 6.30. The van der Waals surface area contributed by atoms with Crippen LogP contribution in [0.5, 0.6) is 0 Å². The minimum absolute atomic E-state index is 0.247. The smallest absolute Gasteiger partial charge is 0.191 e. The summed E-state index contributed by atoms with van der Waals surface area (Å²) in [5.41, 5.74) is 1.61. The maximum absolute atomic E-state index is 5.98. The number of rotatable bonds is 9. The fourth-order valence-electron chi connectivity index (χ4n) is 2.68. The van der Waals surface area contributed by atoms with Gasteiger partial charge in [-0.15, -0.1) is 0 Å². The zero-order chi connectivity index (χ0) is 16.5. The van der Waals surface area contributed by atoms with Crippen molar-refractivity contribution in [1.29, 1.82) is 0 Å². The highest BCUT2D eigenvalue weighted by Crippen LogP contribution is 2.47. The lowest BCUT2D eigenvalue weighted by molar-refractivity contribution is 0.143. The van der Waals surface area contributed by atoms with Gasteiger partial charge in [0.1, 0.15) is 0 Å². The molecule has 2 rings (SSSR count). The molecule has 1 saturated carbocycles. The van der Waals surface area contributed by atoms with Crippen molar-refractivity contribution in [3.63, 3.8) is 0 Å². The van der Waals surface area contributed by atoms with E-state index >= 15 is 0 Å². The molecule has 0 radical (unpaired) electrons. The maximum atomic E-state index is 5.98. The van der Waals surface area contributed by atoms with Gasteiger partial charge < -0.3 is 15.4 Å². The van der Waals surface area contributed by atoms with Crippen molar-refractivity contribution in [2.24, 2.45) is 4.99 Å². The summed E-state index contributed by atoms with van der Waals surface area (Å²) in [4.78, 5) is 4.30. The lowest BCUT2D eigenvalue weighted by Crippen LogP contribution is -2.41. The van der Waals surface area contributed by atoms with Crippen molar-refractivity contribution in [2.75, 3.05) is 33.4 Å². The number of halogens is 1. The van der Waals surface area contributed by atoms with E-state index < -0.39 is 0 Å². The molecule has 1 fully saturated rings. The van der Waals surface area contributed by atoms with E-state index in [1.165, 1.54) is 18.4 Å². The van der Waals surface area contributed by atoms with Crippen molar-refractivity contribution in [2.45, 2.75) is 38.0 Å². The molecule has 1 aliphatic carbocycles. The first-order chi connectivity index (χ1) is 11.2. The van der Waals surface area contributed by atoms with Crippen LogP contribution in [-0.4, -0.2) is 39.3 Å². The van der Waals surface area contributed by atoms with E-state index in [2.05, 4.69) is 27.8 Å². The normalized spacial score (nSPS) is 16.2. The number of nitrogens with one attached hydrogen (secondary N) is 2. The monoisotopic (exact) mass is 337 g/mol. The van der Waals surface area contributed by atoms with Crippen LogP contribution in [0.2, 0.25) is 5.02 Å². The van der Waals surface area contributed by atoms with Gasteiger partial charge in [-0.3, -0.25) is 4.99 Å². The van der Waals surface area contributed by atoms with Crippen LogP contribution < -0.4 is 10.6 Å². The fraction of sp³-hybridized carbons (Fsp3) is 0.611. The highest BCUT2D eigenvalue weighted by atomic mass is 35.5. The molecule has 23 heavy (non-hydrogen) atoms. The molecule has 0 heterocycles. The van der Waals surface area contributed by atoms with E-state index in [1.807, 2.05) is 26.1 Å². The number of hydrogen-bond donors (Lipinski definition) is 2. The van der Waals surface area contributed by atoms with Gasteiger partial charge in [-0.05, 0) is 50.3 Å². The number of unbranched alkanes of at least 4 members (excludes halogenated alkanes) is 1. The molecule has 1 aromatic carbocycles. The molecule has 0 bridgehead atoms. The minimum Gasteiger partial charge on any atom is -0.382 e. The van der Waals surface area contributed by atoms with E-state index in [9.17, 15) is 0 Å². The lowest BCUT2D eigenvalue weighted by Gasteiger charge is -2.19. The van der Waals surface area contributed by atoms with E-state index in [4.69, 9.17) is 16.3 Å². The Balaban J connectivity index is 1.72. The summed E-state index contributed by atoms with van der Waals surface area (Å²) in [5.74, 6) is 0.877. The first-order valence-electron chi connectivity index (χ1n) is 8.48. The summed E-state index contributed by atoms with van der Waals surface area (Å²) in [6.07, 6.45) is 4.59. The number of hydrogen-bond acceptors (Lipinski definition) is 2. The molecular formula is C18H28ClN3O. The summed E-state index contributed by atoms with van der Waals surface area (Å²) in [7, 11) is 1.82. The summed E-state index contributed by atoms with van der Waals surface area (Å²) < 4.78 is 5.34. The van der Waals surface area contributed by atoms with Crippen LogP contribution in [0.1, 0.15) is 38.2 Å². The molecule has 0 unspecified atom stereocenters. The van der Waals surface area contributed by atoms with Crippen molar-refractivity contribution in [3.8, 4) is 0 Å². The number of benzene rings is 1. The molecule has 5 heteroatoms. The van der Waals surface area contributed by atoms with Crippen LogP contribution in [0.4, 0.5) is 0 Å². The first-order valence-corrected chi connectivity index (χ1v) is 8.86. The Bertz CT molecular complexity index is 497. The third-order valence-corrected chi connectivity index (χ3v) is 4.59. The van der Waals surface area contributed by atoms with Gasteiger partial charge in [0.2, 0.25) is 0 Å². The topological polar surface area (TPSA) is 45.6 Å². The van der Waals surface area contributed by atoms with Crippen LogP contribution in [-0.2, 0) is 10.2 Å². The van der Waals surface area contributed by atoms with Crippen LogP contribution >= 0.6 is 11.6 Å². The standard InChI is InChI=1S/C18H28ClN3O/c1-3-23-13-5-4-12-21-17(20-2)22-14-18(10-11-18)15-6-8-16(19)9-7-15/h6-9H,3-5,10-14H2,1-2H3,(H2,20,21,22). The molecule has 0 amide bonds. The molecule has 128 valence electrons. The molecule has 0 saturated heterocycles. The number of guanidine groups is 1. The van der Waals surface area contributed by atoms with Gasteiger partial charge in [0.05, 0.1) is 0 Å². The molecule has 0 aliphatic heterocycles. The average molecular weight is 338 g/mol. The van der Waals surface area contributed by atoms with E-state index in [0.29, 0.717) is 0 Å². The molecule has 4 nitrogen and oxygen atoms in total. The Labute approximate surface area is 144 Å². The Morgan fingerprint density at radius 1 is 1.22 bits per heavy atom. The Morgan fingerprint density at radius 3 is 2.57 bits per heavy atom. The molecule has 2 N–H and O–H groups in total. The third kappa shape index (κ3) is 5.70. The Kier molecular flexibility index (Phi) is 7.18. The molecule has 1 aromatic rings. The summed E-state index contributed by atoms with van der Waals surface area (Å²) in [6, 6.07) is 8.23. The Morgan fingerprint density at radius 2 is 1.96 bits per heavy atom. The van der Waals surface area contributed by atoms with Gasteiger partial charge in [-0.2, -0.15) is 0 Å². The molecule has 0 aromatic heterocycles. The maximum Gasteiger partial charge on any atom is 0.191 e.